The Labute approximate surface area is 142 Å². The van der Waals surface area contributed by atoms with E-state index in [0.717, 1.165) is 28.3 Å². The zero-order valence-corrected chi connectivity index (χ0v) is 14.2. The largest absolute Gasteiger partial charge is 0.491 e. The lowest BCUT2D eigenvalue weighted by Gasteiger charge is -2.11. The molecule has 2 aromatic carbocycles. The van der Waals surface area contributed by atoms with Gasteiger partial charge < -0.3 is 20.5 Å². The fraction of sp³-hybridized carbons (Fsp3) is 0.316. The van der Waals surface area contributed by atoms with Crippen LogP contribution in [0.25, 0.3) is 0 Å². The summed E-state index contributed by atoms with van der Waals surface area (Å²) in [6.45, 7) is 2.98. The van der Waals surface area contributed by atoms with E-state index in [1.54, 1.807) is 7.11 Å². The molecule has 5 heteroatoms. The molecular weight excluding hydrogens is 304 g/mol. The molecule has 2 aromatic rings. The van der Waals surface area contributed by atoms with E-state index in [-0.39, 0.29) is 5.91 Å². The second-order valence-corrected chi connectivity index (χ2v) is 5.56. The maximum Gasteiger partial charge on any atom is 0.224 e. The lowest BCUT2D eigenvalue weighted by molar-refractivity contribution is -0.116. The van der Waals surface area contributed by atoms with Crippen LogP contribution in [0.1, 0.15) is 17.5 Å². The third-order valence-electron chi connectivity index (χ3n) is 3.70. The molecule has 0 atom stereocenters. The molecule has 24 heavy (non-hydrogen) atoms. The number of carbonyl (C=O) groups is 1. The molecule has 0 fully saturated rings. The minimum atomic E-state index is -0.0330. The summed E-state index contributed by atoms with van der Waals surface area (Å²) in [6.07, 6.45) is 1.01. The van der Waals surface area contributed by atoms with Crippen molar-refractivity contribution in [2.75, 3.05) is 31.4 Å². The van der Waals surface area contributed by atoms with Crippen LogP contribution >= 0.6 is 0 Å². The van der Waals surface area contributed by atoms with Crippen molar-refractivity contribution in [2.24, 2.45) is 0 Å². The number of benzene rings is 2. The minimum Gasteiger partial charge on any atom is -0.491 e. The third kappa shape index (κ3) is 5.28. The number of rotatable bonds is 8. The van der Waals surface area contributed by atoms with Crippen molar-refractivity contribution in [2.45, 2.75) is 19.8 Å². The fourth-order valence-electron chi connectivity index (χ4n) is 2.33. The van der Waals surface area contributed by atoms with E-state index >= 15 is 0 Å². The van der Waals surface area contributed by atoms with Crippen LogP contribution in [0, 0.1) is 6.92 Å². The number of methoxy groups -OCH3 is 1. The Morgan fingerprint density at radius 3 is 2.67 bits per heavy atom. The molecule has 0 aliphatic heterocycles. The molecule has 0 aliphatic carbocycles. The summed E-state index contributed by atoms with van der Waals surface area (Å²) in [5.74, 6) is 0.731. The summed E-state index contributed by atoms with van der Waals surface area (Å²) in [5, 5.41) is 2.93. The first kappa shape index (κ1) is 17.8. The number of para-hydroxylation sites is 1. The maximum absolute atomic E-state index is 12.1. The lowest BCUT2D eigenvalue weighted by atomic mass is 10.1. The number of nitrogens with two attached hydrogens (primary N) is 1. The van der Waals surface area contributed by atoms with Crippen molar-refractivity contribution in [3.8, 4) is 5.75 Å². The second kappa shape index (κ2) is 8.93. The first-order valence-corrected chi connectivity index (χ1v) is 7.96. The molecule has 1 amide bonds. The number of carbonyl (C=O) groups excluding carboxylic acids is 1. The van der Waals surface area contributed by atoms with Gasteiger partial charge in [-0.3, -0.25) is 4.79 Å². The van der Waals surface area contributed by atoms with Gasteiger partial charge in [0.25, 0.3) is 0 Å². The first-order valence-electron chi connectivity index (χ1n) is 7.96. The molecule has 5 nitrogen and oxygen atoms in total. The van der Waals surface area contributed by atoms with Crippen molar-refractivity contribution < 1.29 is 14.3 Å². The van der Waals surface area contributed by atoms with Gasteiger partial charge in [-0.1, -0.05) is 18.2 Å². The molecule has 0 saturated carbocycles. The Bertz CT molecular complexity index is 686. The molecule has 128 valence electrons. The van der Waals surface area contributed by atoms with Crippen molar-refractivity contribution in [1.29, 1.82) is 0 Å². The zero-order valence-electron chi connectivity index (χ0n) is 14.2. The maximum atomic E-state index is 12.1. The molecule has 2 rings (SSSR count). The summed E-state index contributed by atoms with van der Waals surface area (Å²) in [7, 11) is 1.64. The summed E-state index contributed by atoms with van der Waals surface area (Å²) < 4.78 is 10.5. The molecule has 0 aliphatic rings. The van der Waals surface area contributed by atoms with Gasteiger partial charge >= 0.3 is 0 Å². The number of aryl methyl sites for hydroxylation is 2. The van der Waals surface area contributed by atoms with Crippen LogP contribution < -0.4 is 15.8 Å². The van der Waals surface area contributed by atoms with Gasteiger partial charge in [-0.05, 0) is 48.7 Å². The van der Waals surface area contributed by atoms with Gasteiger partial charge in [0.15, 0.2) is 0 Å². The van der Waals surface area contributed by atoms with Crippen LogP contribution in [0.15, 0.2) is 42.5 Å². The smallest absolute Gasteiger partial charge is 0.224 e. The van der Waals surface area contributed by atoms with Crippen molar-refractivity contribution >= 4 is 17.3 Å². The second-order valence-electron chi connectivity index (χ2n) is 5.56. The van der Waals surface area contributed by atoms with E-state index in [4.69, 9.17) is 15.2 Å². The predicted molar refractivity (Wildman–Crippen MR) is 96.4 cm³/mol. The van der Waals surface area contributed by atoms with Crippen molar-refractivity contribution in [1.82, 2.24) is 0 Å². The van der Waals surface area contributed by atoms with Gasteiger partial charge in [0.05, 0.1) is 6.61 Å². The highest BCUT2D eigenvalue weighted by molar-refractivity contribution is 5.91. The molecule has 0 aromatic heterocycles. The van der Waals surface area contributed by atoms with Gasteiger partial charge in [-0.15, -0.1) is 0 Å². The Hall–Kier alpha value is -2.53. The minimum absolute atomic E-state index is 0.0330. The molecule has 0 unspecified atom stereocenters. The van der Waals surface area contributed by atoms with Crippen LogP contribution in [-0.4, -0.2) is 26.2 Å². The number of ether oxygens (including phenoxy) is 2. The van der Waals surface area contributed by atoms with Crippen LogP contribution in [0.3, 0.4) is 0 Å². The van der Waals surface area contributed by atoms with Gasteiger partial charge in [0, 0.05) is 24.9 Å². The highest BCUT2D eigenvalue weighted by atomic mass is 16.5. The van der Waals surface area contributed by atoms with E-state index in [2.05, 4.69) is 5.32 Å². The summed E-state index contributed by atoms with van der Waals surface area (Å²) in [5.41, 5.74) is 9.36. The average molecular weight is 328 g/mol. The standard InChI is InChI=1S/C19H24N2O3/c1-14-13-16(24-12-11-23-2)8-9-18(14)21-19(22)10-7-15-5-3-4-6-17(15)20/h3-6,8-9,13H,7,10-12,20H2,1-2H3,(H,21,22). The van der Waals surface area contributed by atoms with Crippen LogP contribution in [0.4, 0.5) is 11.4 Å². The van der Waals surface area contributed by atoms with Crippen molar-refractivity contribution in [3.63, 3.8) is 0 Å². The number of hydrogen-bond donors (Lipinski definition) is 2. The normalized spacial score (nSPS) is 10.4. The highest BCUT2D eigenvalue weighted by Crippen LogP contribution is 2.22. The molecular formula is C19H24N2O3. The zero-order chi connectivity index (χ0) is 17.4. The number of hydrogen-bond acceptors (Lipinski definition) is 4. The Balaban J connectivity index is 1.88. The lowest BCUT2D eigenvalue weighted by Crippen LogP contribution is -2.13. The third-order valence-corrected chi connectivity index (χ3v) is 3.70. The van der Waals surface area contributed by atoms with E-state index < -0.39 is 0 Å². The van der Waals surface area contributed by atoms with Crippen LogP contribution in [0.2, 0.25) is 0 Å². The van der Waals surface area contributed by atoms with Crippen LogP contribution in [-0.2, 0) is 16.0 Å². The predicted octanol–water partition coefficient (Wildman–Crippen LogP) is 3.17. The number of amides is 1. The van der Waals surface area contributed by atoms with Crippen molar-refractivity contribution in [3.05, 3.63) is 53.6 Å². The fourth-order valence-corrected chi connectivity index (χ4v) is 2.33. The Morgan fingerprint density at radius 2 is 1.96 bits per heavy atom. The van der Waals surface area contributed by atoms with Crippen LogP contribution in [0.5, 0.6) is 5.75 Å². The quantitative estimate of drug-likeness (QED) is 0.576. The number of nitrogens with one attached hydrogen (secondary N) is 1. The molecule has 0 saturated heterocycles. The summed E-state index contributed by atoms with van der Waals surface area (Å²) in [6, 6.07) is 13.2. The summed E-state index contributed by atoms with van der Waals surface area (Å²) in [4.78, 5) is 12.1. The Morgan fingerprint density at radius 1 is 1.17 bits per heavy atom. The highest BCUT2D eigenvalue weighted by Gasteiger charge is 2.07. The average Bonchev–Trinajstić information content (AvgIpc) is 2.57. The molecule has 0 spiro atoms. The first-order chi connectivity index (χ1) is 11.6. The van der Waals surface area contributed by atoms with Gasteiger partial charge in [0.2, 0.25) is 5.91 Å². The van der Waals surface area contributed by atoms with Gasteiger partial charge in [-0.2, -0.15) is 0 Å². The molecule has 0 radical (unpaired) electrons. The van der Waals surface area contributed by atoms with Gasteiger partial charge in [-0.25, -0.2) is 0 Å². The molecule has 3 N–H and O–H groups in total. The number of anilines is 2. The van der Waals surface area contributed by atoms with E-state index in [9.17, 15) is 4.79 Å². The summed E-state index contributed by atoms with van der Waals surface area (Å²) >= 11 is 0. The monoisotopic (exact) mass is 328 g/mol. The van der Waals surface area contributed by atoms with E-state index in [1.165, 1.54) is 0 Å². The van der Waals surface area contributed by atoms with Gasteiger partial charge in [0.1, 0.15) is 12.4 Å². The SMILES string of the molecule is COCCOc1ccc(NC(=O)CCc2ccccc2N)c(C)c1. The van der Waals surface area contributed by atoms with E-state index in [0.29, 0.717) is 26.1 Å². The topological polar surface area (TPSA) is 73.6 Å². The van der Waals surface area contributed by atoms with E-state index in [1.807, 2.05) is 49.4 Å². The Kier molecular flexibility index (Phi) is 6.63. The number of nitrogen functional groups attached to an aromatic ring is 1. The molecule has 0 bridgehead atoms. The molecule has 0 heterocycles.